The minimum Gasteiger partial charge on any atom is -0.333 e. The lowest BCUT2D eigenvalue weighted by Crippen LogP contribution is -2.07. The second-order valence-corrected chi connectivity index (χ2v) is 5.79. The molecule has 0 aromatic heterocycles. The molecule has 0 radical (unpaired) electrons. The topological polar surface area (TPSA) is 48.2 Å². The van der Waals surface area contributed by atoms with Gasteiger partial charge in [0.25, 0.3) is 0 Å². The molecule has 3 rings (SSSR count). The number of benzene rings is 2. The average Bonchev–Trinajstić information content (AvgIpc) is 2.99. The predicted molar refractivity (Wildman–Crippen MR) is 83.8 cm³/mol. The van der Waals surface area contributed by atoms with Gasteiger partial charge >= 0.3 is 0 Å². The summed E-state index contributed by atoms with van der Waals surface area (Å²) in [4.78, 5) is 4.41. The number of halogens is 1. The van der Waals surface area contributed by atoms with Crippen LogP contribution in [-0.4, -0.2) is 11.7 Å². The number of rotatable bonds is 2. The van der Waals surface area contributed by atoms with Crippen molar-refractivity contribution in [3.05, 3.63) is 65.5 Å². The van der Waals surface area contributed by atoms with Crippen LogP contribution >= 0.6 is 11.8 Å². The third-order valence-corrected chi connectivity index (χ3v) is 4.33. The Bertz CT molecular complexity index is 722. The largest absolute Gasteiger partial charge is 0.333 e. The minimum atomic E-state index is -0.444. The summed E-state index contributed by atoms with van der Waals surface area (Å²) in [6.07, 6.45) is 0. The molecule has 1 aliphatic heterocycles. The zero-order valence-electron chi connectivity index (χ0n) is 11.1. The van der Waals surface area contributed by atoms with E-state index in [9.17, 15) is 4.39 Å². The molecule has 21 heavy (non-hydrogen) atoms. The van der Waals surface area contributed by atoms with Gasteiger partial charge in [-0.05, 0) is 23.8 Å². The lowest BCUT2D eigenvalue weighted by atomic mass is 10.1. The fraction of sp³-hybridized carbons (Fsp3) is 0.125. The summed E-state index contributed by atoms with van der Waals surface area (Å²) < 4.78 is 13.8. The molecule has 5 heteroatoms. The van der Waals surface area contributed by atoms with Gasteiger partial charge < -0.3 is 5.32 Å². The molecule has 0 saturated heterocycles. The van der Waals surface area contributed by atoms with Crippen LogP contribution in [0.1, 0.15) is 16.4 Å². The summed E-state index contributed by atoms with van der Waals surface area (Å²) in [5.74, 6) is -0.444. The van der Waals surface area contributed by atoms with Crippen LogP contribution in [0.2, 0.25) is 0 Å². The first-order valence-corrected chi connectivity index (χ1v) is 7.37. The second kappa shape index (κ2) is 5.98. The van der Waals surface area contributed by atoms with Crippen LogP contribution in [-0.2, 0) is 0 Å². The molecule has 0 aliphatic carbocycles. The third kappa shape index (κ3) is 3.06. The van der Waals surface area contributed by atoms with E-state index in [1.54, 1.807) is 23.9 Å². The van der Waals surface area contributed by atoms with Crippen molar-refractivity contribution < 1.29 is 4.39 Å². The van der Waals surface area contributed by atoms with Gasteiger partial charge in [0.05, 0.1) is 29.1 Å². The summed E-state index contributed by atoms with van der Waals surface area (Å²) in [5, 5.41) is 12.7. The van der Waals surface area contributed by atoms with Crippen molar-refractivity contribution in [2.75, 3.05) is 11.9 Å². The number of hydrogen-bond acceptors (Lipinski definition) is 4. The number of aliphatic imine (C=N–C) groups is 1. The summed E-state index contributed by atoms with van der Waals surface area (Å²) in [5.41, 5.74) is 1.86. The van der Waals surface area contributed by atoms with Crippen LogP contribution in [0.3, 0.4) is 0 Å². The first-order valence-electron chi connectivity index (χ1n) is 6.49. The van der Waals surface area contributed by atoms with E-state index in [0.29, 0.717) is 23.0 Å². The fourth-order valence-electron chi connectivity index (χ4n) is 2.09. The number of thioether (sulfide) groups is 1. The molecule has 0 saturated carbocycles. The number of nitriles is 1. The van der Waals surface area contributed by atoms with Gasteiger partial charge in [0, 0.05) is 0 Å². The smallest absolute Gasteiger partial charge is 0.161 e. The highest BCUT2D eigenvalue weighted by Crippen LogP contribution is 2.35. The van der Waals surface area contributed by atoms with Gasteiger partial charge in [-0.2, -0.15) is 5.26 Å². The lowest BCUT2D eigenvalue weighted by molar-refractivity contribution is 0.632. The molecule has 3 nitrogen and oxygen atoms in total. The van der Waals surface area contributed by atoms with Crippen molar-refractivity contribution in [3.8, 4) is 6.07 Å². The summed E-state index contributed by atoms with van der Waals surface area (Å²) in [6.45, 7) is 0.676. The predicted octanol–water partition coefficient (Wildman–Crippen LogP) is 3.95. The molecule has 1 N–H and O–H groups in total. The first-order chi connectivity index (χ1) is 10.3. The highest BCUT2D eigenvalue weighted by molar-refractivity contribution is 8.14. The SMILES string of the molecule is N#Cc1ccc(NC2=NCC(c3ccccc3)S2)c(F)c1. The minimum absolute atomic E-state index is 0.259. The Morgan fingerprint density at radius 3 is 2.76 bits per heavy atom. The molecule has 2 aromatic carbocycles. The van der Waals surface area contributed by atoms with Crippen molar-refractivity contribution in [2.24, 2.45) is 4.99 Å². The third-order valence-electron chi connectivity index (χ3n) is 3.17. The van der Waals surface area contributed by atoms with Crippen molar-refractivity contribution in [3.63, 3.8) is 0 Å². The Morgan fingerprint density at radius 2 is 2.05 bits per heavy atom. The zero-order valence-corrected chi connectivity index (χ0v) is 11.9. The Labute approximate surface area is 126 Å². The van der Waals surface area contributed by atoms with Crippen molar-refractivity contribution in [1.29, 1.82) is 5.26 Å². The van der Waals surface area contributed by atoms with Crippen LogP contribution in [0.5, 0.6) is 0 Å². The number of anilines is 1. The highest BCUT2D eigenvalue weighted by atomic mass is 32.2. The van der Waals surface area contributed by atoms with E-state index >= 15 is 0 Å². The van der Waals surface area contributed by atoms with Gasteiger partial charge in [-0.15, -0.1) is 0 Å². The Morgan fingerprint density at radius 1 is 1.24 bits per heavy atom. The van der Waals surface area contributed by atoms with Crippen molar-refractivity contribution in [2.45, 2.75) is 5.25 Å². The highest BCUT2D eigenvalue weighted by Gasteiger charge is 2.21. The van der Waals surface area contributed by atoms with Crippen molar-refractivity contribution >= 4 is 22.6 Å². The maximum absolute atomic E-state index is 13.8. The number of hydrogen-bond donors (Lipinski definition) is 1. The Kier molecular flexibility index (Phi) is 3.89. The second-order valence-electron chi connectivity index (χ2n) is 4.59. The molecule has 2 aromatic rings. The van der Waals surface area contributed by atoms with E-state index in [1.807, 2.05) is 24.3 Å². The molecular formula is C16H12FN3S. The van der Waals surface area contributed by atoms with Gasteiger partial charge in [0.2, 0.25) is 0 Å². The molecule has 1 unspecified atom stereocenters. The molecule has 1 heterocycles. The molecule has 1 atom stereocenters. The molecule has 104 valence electrons. The van der Waals surface area contributed by atoms with E-state index in [4.69, 9.17) is 5.26 Å². The summed E-state index contributed by atoms with van der Waals surface area (Å²) in [7, 11) is 0. The quantitative estimate of drug-likeness (QED) is 0.913. The lowest BCUT2D eigenvalue weighted by Gasteiger charge is -2.10. The average molecular weight is 297 g/mol. The summed E-state index contributed by atoms with van der Waals surface area (Å²) >= 11 is 1.58. The van der Waals surface area contributed by atoms with E-state index < -0.39 is 5.82 Å². The van der Waals surface area contributed by atoms with E-state index in [0.717, 1.165) is 0 Å². The molecule has 0 fully saturated rings. The van der Waals surface area contributed by atoms with Gasteiger partial charge in [0.15, 0.2) is 5.17 Å². The molecular weight excluding hydrogens is 285 g/mol. The van der Waals surface area contributed by atoms with Crippen LogP contribution < -0.4 is 5.32 Å². The molecule has 0 bridgehead atoms. The monoisotopic (exact) mass is 297 g/mol. The van der Waals surface area contributed by atoms with Gasteiger partial charge in [-0.3, -0.25) is 4.99 Å². The number of nitrogens with one attached hydrogen (secondary N) is 1. The van der Waals surface area contributed by atoms with Gasteiger partial charge in [-0.1, -0.05) is 42.1 Å². The standard InChI is InChI=1S/C16H12FN3S/c17-13-8-11(9-18)6-7-14(13)20-16-19-10-15(21-16)12-4-2-1-3-5-12/h1-8,15H,10H2,(H,19,20). The van der Waals surface area contributed by atoms with Gasteiger partial charge in [-0.25, -0.2) is 4.39 Å². The molecule has 0 amide bonds. The Hall–Kier alpha value is -2.32. The Balaban J connectivity index is 1.69. The van der Waals surface area contributed by atoms with Crippen LogP contribution in [0.25, 0.3) is 0 Å². The van der Waals surface area contributed by atoms with E-state index in [1.165, 1.54) is 11.6 Å². The van der Waals surface area contributed by atoms with E-state index in [2.05, 4.69) is 22.4 Å². The van der Waals surface area contributed by atoms with Crippen LogP contribution in [0.4, 0.5) is 10.1 Å². The van der Waals surface area contributed by atoms with E-state index in [-0.39, 0.29) is 5.25 Å². The summed E-state index contributed by atoms with van der Waals surface area (Å²) in [6, 6.07) is 16.4. The molecule has 1 aliphatic rings. The number of nitrogens with zero attached hydrogens (tertiary/aromatic N) is 2. The maximum Gasteiger partial charge on any atom is 0.161 e. The van der Waals surface area contributed by atoms with Gasteiger partial charge in [0.1, 0.15) is 5.82 Å². The number of amidine groups is 1. The normalized spacial score (nSPS) is 17.1. The zero-order chi connectivity index (χ0) is 14.7. The molecule has 0 spiro atoms. The van der Waals surface area contributed by atoms with Crippen LogP contribution in [0.15, 0.2) is 53.5 Å². The first kappa shape index (κ1) is 13.7. The van der Waals surface area contributed by atoms with Crippen LogP contribution in [0, 0.1) is 17.1 Å². The van der Waals surface area contributed by atoms with Crippen molar-refractivity contribution in [1.82, 2.24) is 0 Å². The fourth-order valence-corrected chi connectivity index (χ4v) is 3.12. The maximum atomic E-state index is 13.8.